The maximum absolute atomic E-state index is 4.38. The van der Waals surface area contributed by atoms with E-state index in [2.05, 4.69) is 70.4 Å². The highest BCUT2D eigenvalue weighted by Crippen LogP contribution is 2.18. The summed E-state index contributed by atoms with van der Waals surface area (Å²) in [5.74, 6) is 0.583. The molecule has 2 rings (SSSR count). The number of rotatable bonds is 4. The van der Waals surface area contributed by atoms with Crippen LogP contribution in [0.1, 0.15) is 36.6 Å². The van der Waals surface area contributed by atoms with Crippen LogP contribution in [0.3, 0.4) is 0 Å². The Hall–Kier alpha value is -1.35. The fraction of sp³-hybridized carbons (Fsp3) is 0.312. The third-order valence-corrected chi connectivity index (χ3v) is 3.62. The van der Waals surface area contributed by atoms with E-state index < -0.39 is 0 Å². The number of halogens is 1. The van der Waals surface area contributed by atoms with Crippen molar-refractivity contribution in [1.29, 1.82) is 0 Å². The molecule has 100 valence electrons. The predicted octanol–water partition coefficient (Wildman–Crippen LogP) is 4.89. The van der Waals surface area contributed by atoms with Gasteiger partial charge < -0.3 is 5.32 Å². The van der Waals surface area contributed by atoms with Gasteiger partial charge in [-0.2, -0.15) is 0 Å². The van der Waals surface area contributed by atoms with Crippen molar-refractivity contribution in [3.8, 4) is 0 Å². The van der Waals surface area contributed by atoms with Gasteiger partial charge >= 0.3 is 0 Å². The van der Waals surface area contributed by atoms with E-state index in [1.165, 1.54) is 11.1 Å². The second kappa shape index (κ2) is 6.20. The van der Waals surface area contributed by atoms with Crippen LogP contribution in [0.4, 0.5) is 5.69 Å². The Morgan fingerprint density at radius 3 is 2.37 bits per heavy atom. The van der Waals surface area contributed by atoms with Crippen molar-refractivity contribution < 1.29 is 0 Å². The molecule has 0 amide bonds. The summed E-state index contributed by atoms with van der Waals surface area (Å²) in [7, 11) is 0. The molecule has 1 aromatic carbocycles. The quantitative estimate of drug-likeness (QED) is 0.812. The zero-order valence-electron chi connectivity index (χ0n) is 11.6. The minimum atomic E-state index is 0.583. The molecule has 0 saturated heterocycles. The molecule has 0 atom stereocenters. The highest BCUT2D eigenvalue weighted by atomic mass is 79.9. The topological polar surface area (TPSA) is 24.9 Å². The monoisotopic (exact) mass is 318 g/mol. The molecule has 0 spiro atoms. The molecule has 0 saturated carbocycles. The molecule has 0 aliphatic carbocycles. The van der Waals surface area contributed by atoms with E-state index >= 15 is 0 Å². The van der Waals surface area contributed by atoms with Gasteiger partial charge in [0.1, 0.15) is 4.60 Å². The van der Waals surface area contributed by atoms with Crippen molar-refractivity contribution in [1.82, 2.24) is 4.98 Å². The van der Waals surface area contributed by atoms with Crippen LogP contribution >= 0.6 is 15.9 Å². The Balaban J connectivity index is 2.02. The molecule has 2 aromatic rings. The van der Waals surface area contributed by atoms with Crippen molar-refractivity contribution >= 4 is 21.6 Å². The molecule has 1 N–H and O–H groups in total. The van der Waals surface area contributed by atoms with E-state index in [1.807, 2.05) is 13.0 Å². The Kier molecular flexibility index (Phi) is 4.59. The van der Waals surface area contributed by atoms with E-state index in [0.717, 1.165) is 22.5 Å². The number of nitrogens with zero attached hydrogens (tertiary/aromatic N) is 1. The third kappa shape index (κ3) is 3.80. The van der Waals surface area contributed by atoms with E-state index in [0.29, 0.717) is 5.92 Å². The van der Waals surface area contributed by atoms with Gasteiger partial charge in [-0.15, -0.1) is 0 Å². The predicted molar refractivity (Wildman–Crippen MR) is 84.5 cm³/mol. The molecule has 2 nitrogen and oxygen atoms in total. The fourth-order valence-corrected chi connectivity index (χ4v) is 2.33. The van der Waals surface area contributed by atoms with Crippen LogP contribution in [0.25, 0.3) is 0 Å². The molecular formula is C16H19BrN2. The molecule has 0 aliphatic heterocycles. The lowest BCUT2D eigenvalue weighted by Gasteiger charge is -2.10. The number of benzene rings is 1. The Labute approximate surface area is 123 Å². The zero-order valence-corrected chi connectivity index (χ0v) is 13.2. The van der Waals surface area contributed by atoms with Crippen molar-refractivity contribution in [2.24, 2.45) is 0 Å². The van der Waals surface area contributed by atoms with Crippen LogP contribution in [0.5, 0.6) is 0 Å². The van der Waals surface area contributed by atoms with E-state index in [1.54, 1.807) is 0 Å². The summed E-state index contributed by atoms with van der Waals surface area (Å²) in [4.78, 5) is 4.38. The van der Waals surface area contributed by atoms with Gasteiger partial charge in [0.25, 0.3) is 0 Å². The van der Waals surface area contributed by atoms with Crippen molar-refractivity contribution in [2.45, 2.75) is 33.2 Å². The summed E-state index contributed by atoms with van der Waals surface area (Å²) in [5.41, 5.74) is 4.75. The van der Waals surface area contributed by atoms with Gasteiger partial charge in [0.05, 0.1) is 11.4 Å². The van der Waals surface area contributed by atoms with Gasteiger partial charge in [-0.1, -0.05) is 38.1 Å². The summed E-state index contributed by atoms with van der Waals surface area (Å²) in [6, 6.07) is 12.8. The first-order chi connectivity index (χ1) is 9.06. The molecule has 1 heterocycles. The van der Waals surface area contributed by atoms with E-state index in [-0.39, 0.29) is 0 Å². The number of hydrogen-bond acceptors (Lipinski definition) is 2. The maximum Gasteiger partial charge on any atom is 0.106 e. The van der Waals surface area contributed by atoms with Gasteiger partial charge in [-0.25, -0.2) is 4.98 Å². The molecule has 0 radical (unpaired) electrons. The average Bonchev–Trinajstić information content (AvgIpc) is 2.38. The maximum atomic E-state index is 4.38. The number of pyridine rings is 1. The van der Waals surface area contributed by atoms with Crippen LogP contribution in [-0.4, -0.2) is 4.98 Å². The summed E-state index contributed by atoms with van der Waals surface area (Å²) >= 11 is 3.37. The molecule has 19 heavy (non-hydrogen) atoms. The summed E-state index contributed by atoms with van der Waals surface area (Å²) in [6.45, 7) is 7.26. The van der Waals surface area contributed by atoms with Crippen LogP contribution in [0, 0.1) is 6.92 Å². The van der Waals surface area contributed by atoms with Crippen molar-refractivity contribution in [2.75, 3.05) is 5.32 Å². The lowest BCUT2D eigenvalue weighted by atomic mass is 10.0. The van der Waals surface area contributed by atoms with Crippen molar-refractivity contribution in [3.63, 3.8) is 0 Å². The molecule has 0 fully saturated rings. The van der Waals surface area contributed by atoms with E-state index in [9.17, 15) is 0 Å². The standard InChI is InChI=1S/C16H19BrN2/c1-11(2)14-6-4-13(5-7-14)10-18-15-8-9-16(17)19-12(15)3/h4-9,11,18H,10H2,1-3H3. The summed E-state index contributed by atoms with van der Waals surface area (Å²) in [5, 5.41) is 3.42. The van der Waals surface area contributed by atoms with Gasteiger partial charge in [0, 0.05) is 6.54 Å². The Bertz CT molecular complexity index is 547. The lowest BCUT2D eigenvalue weighted by Crippen LogP contribution is -2.02. The van der Waals surface area contributed by atoms with Gasteiger partial charge in [-0.05, 0) is 52.0 Å². The second-order valence-electron chi connectivity index (χ2n) is 5.02. The number of hydrogen-bond donors (Lipinski definition) is 1. The molecule has 0 bridgehead atoms. The molecular weight excluding hydrogens is 300 g/mol. The van der Waals surface area contributed by atoms with Gasteiger partial charge in [-0.3, -0.25) is 0 Å². The highest BCUT2D eigenvalue weighted by Gasteiger charge is 2.02. The fourth-order valence-electron chi connectivity index (χ4n) is 1.93. The van der Waals surface area contributed by atoms with Crippen LogP contribution in [-0.2, 0) is 6.54 Å². The minimum Gasteiger partial charge on any atom is -0.380 e. The van der Waals surface area contributed by atoms with E-state index in [4.69, 9.17) is 0 Å². The molecule has 0 unspecified atom stereocenters. The SMILES string of the molecule is Cc1nc(Br)ccc1NCc1ccc(C(C)C)cc1. The average molecular weight is 319 g/mol. The Morgan fingerprint density at radius 1 is 1.11 bits per heavy atom. The van der Waals surface area contributed by atoms with Crippen LogP contribution in [0.15, 0.2) is 41.0 Å². The molecule has 1 aromatic heterocycles. The lowest BCUT2D eigenvalue weighted by molar-refractivity contribution is 0.865. The summed E-state index contributed by atoms with van der Waals surface area (Å²) in [6.07, 6.45) is 0. The first kappa shape index (κ1) is 14.1. The highest BCUT2D eigenvalue weighted by molar-refractivity contribution is 9.10. The zero-order chi connectivity index (χ0) is 13.8. The number of anilines is 1. The normalized spacial score (nSPS) is 10.8. The van der Waals surface area contributed by atoms with Crippen LogP contribution in [0.2, 0.25) is 0 Å². The largest absolute Gasteiger partial charge is 0.380 e. The Morgan fingerprint density at radius 2 is 1.79 bits per heavy atom. The third-order valence-electron chi connectivity index (χ3n) is 3.18. The first-order valence-electron chi connectivity index (χ1n) is 6.52. The number of nitrogens with one attached hydrogen (secondary N) is 1. The van der Waals surface area contributed by atoms with Crippen LogP contribution < -0.4 is 5.32 Å². The van der Waals surface area contributed by atoms with Gasteiger partial charge in [0.2, 0.25) is 0 Å². The van der Waals surface area contributed by atoms with Crippen molar-refractivity contribution in [3.05, 3.63) is 57.8 Å². The summed E-state index contributed by atoms with van der Waals surface area (Å²) < 4.78 is 0.872. The smallest absolute Gasteiger partial charge is 0.106 e. The molecule has 3 heteroatoms. The number of aromatic nitrogens is 1. The molecule has 0 aliphatic rings. The second-order valence-corrected chi connectivity index (χ2v) is 5.83. The minimum absolute atomic E-state index is 0.583. The van der Waals surface area contributed by atoms with Gasteiger partial charge in [0.15, 0.2) is 0 Å². The first-order valence-corrected chi connectivity index (χ1v) is 7.31. The number of aryl methyl sites for hydroxylation is 1.